The summed E-state index contributed by atoms with van der Waals surface area (Å²) < 4.78 is 24.6. The van der Waals surface area contributed by atoms with Crippen LogP contribution in [0.15, 0.2) is 0 Å². The molecule has 110 valence electrons. The minimum absolute atomic E-state index is 0.369. The molecule has 6 heteroatoms. The van der Waals surface area contributed by atoms with Crippen molar-refractivity contribution in [3.63, 3.8) is 0 Å². The lowest BCUT2D eigenvalue weighted by Crippen LogP contribution is -2.54. The fourth-order valence-electron chi connectivity index (χ4n) is 2.72. The van der Waals surface area contributed by atoms with E-state index in [1.807, 2.05) is 62.2 Å². The van der Waals surface area contributed by atoms with Crippen LogP contribution in [0.3, 0.4) is 0 Å². The maximum atomic E-state index is 6.21. The van der Waals surface area contributed by atoms with Gasteiger partial charge in [0.25, 0.3) is 6.44 Å². The smallest absolute Gasteiger partial charge is 0.327 e. The molecule has 0 atom stereocenters. The van der Waals surface area contributed by atoms with E-state index < -0.39 is 13.5 Å². The van der Waals surface area contributed by atoms with Gasteiger partial charge in [0, 0.05) is 11.2 Å². The van der Waals surface area contributed by atoms with Gasteiger partial charge >= 0.3 is 7.01 Å². The van der Waals surface area contributed by atoms with Crippen molar-refractivity contribution in [3.05, 3.63) is 0 Å². The molecule has 2 fully saturated rings. The van der Waals surface area contributed by atoms with Crippen LogP contribution >= 0.6 is 0 Å². The van der Waals surface area contributed by atoms with Crippen molar-refractivity contribution < 1.29 is 18.6 Å². The lowest BCUT2D eigenvalue weighted by Gasteiger charge is -2.37. The first kappa shape index (κ1) is 15.4. The summed E-state index contributed by atoms with van der Waals surface area (Å²) >= 11 is 0. The van der Waals surface area contributed by atoms with E-state index in [0.29, 0.717) is 0 Å². The van der Waals surface area contributed by atoms with Crippen molar-refractivity contribution in [1.29, 1.82) is 0 Å². The molecule has 0 N–H and O–H groups in total. The van der Waals surface area contributed by atoms with Crippen LogP contribution in [0, 0.1) is 0 Å². The van der Waals surface area contributed by atoms with E-state index in [4.69, 9.17) is 18.6 Å². The first-order chi connectivity index (χ1) is 8.23. The van der Waals surface area contributed by atoms with Gasteiger partial charge in [0.05, 0.1) is 11.2 Å². The first-order valence-corrected chi connectivity index (χ1v) is 7.17. The van der Waals surface area contributed by atoms with Gasteiger partial charge in [0.15, 0.2) is 0 Å². The molecule has 19 heavy (non-hydrogen) atoms. The zero-order valence-electron chi connectivity index (χ0n) is 13.8. The van der Waals surface area contributed by atoms with Crippen LogP contribution in [0.5, 0.6) is 0 Å². The average molecular weight is 269 g/mol. The monoisotopic (exact) mass is 269 g/mol. The third-order valence-corrected chi connectivity index (χ3v) is 5.27. The zero-order chi connectivity index (χ0) is 14.9. The first-order valence-electron chi connectivity index (χ1n) is 7.17. The Morgan fingerprint density at radius 1 is 0.632 bits per heavy atom. The molecule has 0 bridgehead atoms. The second-order valence-electron chi connectivity index (χ2n) is 8.05. The van der Waals surface area contributed by atoms with E-state index in [9.17, 15) is 0 Å². The molecule has 0 radical (unpaired) electrons. The summed E-state index contributed by atoms with van der Waals surface area (Å²) in [7, 11) is -0.467. The normalized spacial score (nSPS) is 33.6. The number of hydrogen-bond acceptors (Lipinski definition) is 4. The molecule has 0 saturated carbocycles. The molecule has 2 rings (SSSR count). The molecular weight excluding hydrogens is 242 g/mol. The highest BCUT2D eigenvalue weighted by Gasteiger charge is 2.61. The van der Waals surface area contributed by atoms with E-state index in [2.05, 4.69) is 0 Å². The van der Waals surface area contributed by atoms with Crippen LogP contribution in [0.25, 0.3) is 0 Å². The van der Waals surface area contributed by atoms with E-state index in [0.717, 1.165) is 0 Å². The van der Waals surface area contributed by atoms with Gasteiger partial charge in [-0.15, -0.1) is 6.82 Å². The predicted octanol–water partition coefficient (Wildman–Crippen LogP) is 2.83. The Balaban J connectivity index is 2.26. The second kappa shape index (κ2) is 3.79. The van der Waals surface area contributed by atoms with Crippen molar-refractivity contribution >= 4 is 13.5 Å². The largest absolute Gasteiger partial charge is 0.564 e. The predicted molar refractivity (Wildman–Crippen MR) is 78.0 cm³/mol. The summed E-state index contributed by atoms with van der Waals surface area (Å²) in [6.45, 7) is 18.3. The Hall–Kier alpha value is -0.0301. The van der Waals surface area contributed by atoms with Crippen LogP contribution in [0.1, 0.15) is 55.4 Å². The summed E-state index contributed by atoms with van der Waals surface area (Å²) in [6, 6.07) is 0. The fraction of sp³-hybridized carbons (Fsp3) is 1.00. The molecule has 0 spiro atoms. The third kappa shape index (κ3) is 2.17. The average Bonchev–Trinajstić information content (AvgIpc) is 2.42. The molecule has 2 aliphatic rings. The van der Waals surface area contributed by atoms with Gasteiger partial charge in [-0.2, -0.15) is 0 Å². The lowest BCUT2D eigenvalue weighted by atomic mass is 9.30. The van der Waals surface area contributed by atoms with Crippen LogP contribution in [-0.4, -0.2) is 35.9 Å². The van der Waals surface area contributed by atoms with E-state index in [1.165, 1.54) is 0 Å². The number of rotatable bonds is 1. The molecule has 2 aliphatic heterocycles. The van der Waals surface area contributed by atoms with Crippen molar-refractivity contribution in [1.82, 2.24) is 0 Å². The molecule has 0 amide bonds. The minimum Gasteiger partial charge on any atom is -0.564 e. The molecule has 2 heterocycles. The van der Waals surface area contributed by atoms with Gasteiger partial charge < -0.3 is 18.6 Å². The van der Waals surface area contributed by atoms with Crippen LogP contribution in [0.2, 0.25) is 6.82 Å². The van der Waals surface area contributed by atoms with Crippen molar-refractivity contribution in [2.75, 3.05) is 0 Å². The fourth-order valence-corrected chi connectivity index (χ4v) is 2.72. The third-order valence-electron chi connectivity index (χ3n) is 5.27. The highest BCUT2D eigenvalue weighted by atomic mass is 16.7. The minimum atomic E-state index is -1.64. The quantitative estimate of drug-likeness (QED) is 0.686. The maximum Gasteiger partial charge on any atom is 0.327 e. The molecule has 2 saturated heterocycles. The standard InChI is InChI=1S/C13H27B2O4/c1-10(2)11(3,4)17-14(16-10)15(9)18-12(5,6)13(7,8)19-15/h1-9H3/q-1. The van der Waals surface area contributed by atoms with Gasteiger partial charge in [-0.3, -0.25) is 0 Å². The molecule has 0 aliphatic carbocycles. The Kier molecular flexibility index (Phi) is 3.06. The van der Waals surface area contributed by atoms with Gasteiger partial charge in [-0.05, 0) is 55.4 Å². The van der Waals surface area contributed by atoms with Crippen molar-refractivity contribution in [2.24, 2.45) is 0 Å². The van der Waals surface area contributed by atoms with Crippen LogP contribution < -0.4 is 0 Å². The van der Waals surface area contributed by atoms with Crippen molar-refractivity contribution in [3.8, 4) is 0 Å². The molecule has 0 aromatic rings. The highest BCUT2D eigenvalue weighted by molar-refractivity contribution is 7.22. The molecule has 0 aromatic carbocycles. The lowest BCUT2D eigenvalue weighted by molar-refractivity contribution is 0.00578. The van der Waals surface area contributed by atoms with Gasteiger partial charge in [0.2, 0.25) is 0 Å². The topological polar surface area (TPSA) is 36.9 Å². The van der Waals surface area contributed by atoms with Crippen molar-refractivity contribution in [2.45, 2.75) is 84.6 Å². The maximum absolute atomic E-state index is 6.21. The molecular formula is C13H27B2O4-. The Morgan fingerprint density at radius 3 is 1.26 bits per heavy atom. The van der Waals surface area contributed by atoms with E-state index in [-0.39, 0.29) is 22.4 Å². The molecule has 0 unspecified atom stereocenters. The van der Waals surface area contributed by atoms with Gasteiger partial charge in [-0.1, -0.05) is 0 Å². The summed E-state index contributed by atoms with van der Waals surface area (Å²) in [5.41, 5.74) is -1.48. The Labute approximate surface area is 117 Å². The second-order valence-corrected chi connectivity index (χ2v) is 8.05. The molecule has 0 aromatic heterocycles. The summed E-state index contributed by atoms with van der Waals surface area (Å²) in [5, 5.41) is 0. The Morgan fingerprint density at radius 2 is 0.947 bits per heavy atom. The SMILES string of the molecule is C[B-]1(B2OC(C)(C)C(C)(C)O2)OC(C)(C)C(C)(C)O1. The van der Waals surface area contributed by atoms with Gasteiger partial charge in [-0.25, -0.2) is 0 Å². The summed E-state index contributed by atoms with van der Waals surface area (Å²) in [6.07, 6.45) is -1.64. The van der Waals surface area contributed by atoms with Crippen LogP contribution in [-0.2, 0) is 18.6 Å². The zero-order valence-corrected chi connectivity index (χ0v) is 13.8. The Bertz CT molecular complexity index is 358. The van der Waals surface area contributed by atoms with E-state index in [1.54, 1.807) is 0 Å². The van der Waals surface area contributed by atoms with E-state index >= 15 is 0 Å². The van der Waals surface area contributed by atoms with Gasteiger partial charge in [0.1, 0.15) is 0 Å². The number of hydrogen-bond donors (Lipinski definition) is 0. The summed E-state index contributed by atoms with van der Waals surface area (Å²) in [5.74, 6) is 0. The molecule has 4 nitrogen and oxygen atoms in total. The van der Waals surface area contributed by atoms with Crippen LogP contribution in [0.4, 0.5) is 0 Å². The highest BCUT2D eigenvalue weighted by Crippen LogP contribution is 2.47. The summed E-state index contributed by atoms with van der Waals surface area (Å²) in [4.78, 5) is 0.